The van der Waals surface area contributed by atoms with Gasteiger partial charge in [0.2, 0.25) is 5.88 Å². The number of aryl methyl sites for hydroxylation is 1. The normalized spacial score (nSPS) is 13.7. The summed E-state index contributed by atoms with van der Waals surface area (Å²) in [5, 5.41) is 8.76. The third-order valence-electron chi connectivity index (χ3n) is 3.35. The maximum Gasteiger partial charge on any atom is 0.341 e. The first-order valence-corrected chi connectivity index (χ1v) is 7.20. The number of nitrogens with zero attached hydrogens (tertiary/aromatic N) is 1. The van der Waals surface area contributed by atoms with E-state index in [0.717, 1.165) is 29.5 Å². The van der Waals surface area contributed by atoms with E-state index in [4.69, 9.17) is 14.6 Å². The summed E-state index contributed by atoms with van der Waals surface area (Å²) >= 11 is 0. The standard InChI is InChI=1S/C17H17NO4/c1-11-2-6-15(21-10-17(19)20)14(8-11)12-3-7-16(18-9-12)22-13-4-5-13/h2-3,6-9,13H,4-5,10H2,1H3,(H,19,20). The number of benzene rings is 1. The molecule has 0 spiro atoms. The number of hydrogen-bond donors (Lipinski definition) is 1. The van der Waals surface area contributed by atoms with Crippen LogP contribution in [0.4, 0.5) is 0 Å². The van der Waals surface area contributed by atoms with Gasteiger partial charge in [0.1, 0.15) is 11.9 Å². The van der Waals surface area contributed by atoms with Crippen LogP contribution in [0.25, 0.3) is 11.1 Å². The van der Waals surface area contributed by atoms with Gasteiger partial charge in [-0.1, -0.05) is 11.6 Å². The van der Waals surface area contributed by atoms with Gasteiger partial charge in [-0.05, 0) is 38.0 Å². The van der Waals surface area contributed by atoms with E-state index in [1.807, 2.05) is 31.2 Å². The van der Waals surface area contributed by atoms with E-state index in [-0.39, 0.29) is 6.61 Å². The Bertz CT molecular complexity index is 678. The zero-order valence-electron chi connectivity index (χ0n) is 12.3. The Morgan fingerprint density at radius 2 is 2.14 bits per heavy atom. The number of aliphatic carboxylic acids is 1. The quantitative estimate of drug-likeness (QED) is 0.887. The third kappa shape index (κ3) is 3.55. The molecule has 1 saturated carbocycles. The predicted octanol–water partition coefficient (Wildman–Crippen LogP) is 3.06. The maximum atomic E-state index is 10.7. The molecular formula is C17H17NO4. The summed E-state index contributed by atoms with van der Waals surface area (Å²) < 4.78 is 11.0. The lowest BCUT2D eigenvalue weighted by atomic mass is 10.0. The SMILES string of the molecule is Cc1ccc(OCC(=O)O)c(-c2ccc(OC3CC3)nc2)c1. The number of pyridine rings is 1. The summed E-state index contributed by atoms with van der Waals surface area (Å²) in [4.78, 5) is 15.0. The average Bonchev–Trinajstić information content (AvgIpc) is 3.30. The number of carbonyl (C=O) groups is 1. The first-order chi connectivity index (χ1) is 10.6. The fraction of sp³-hybridized carbons (Fsp3) is 0.294. The third-order valence-corrected chi connectivity index (χ3v) is 3.35. The summed E-state index contributed by atoms with van der Waals surface area (Å²) in [5.74, 6) is 0.149. The van der Waals surface area contributed by atoms with E-state index in [2.05, 4.69) is 4.98 Å². The van der Waals surface area contributed by atoms with Gasteiger partial charge in [-0.15, -0.1) is 0 Å². The number of carboxylic acid groups (broad SMARTS) is 1. The molecule has 1 fully saturated rings. The number of ether oxygens (including phenoxy) is 2. The molecule has 114 valence electrons. The fourth-order valence-corrected chi connectivity index (χ4v) is 2.10. The highest BCUT2D eigenvalue weighted by atomic mass is 16.5. The van der Waals surface area contributed by atoms with Gasteiger partial charge in [-0.3, -0.25) is 0 Å². The number of aromatic nitrogens is 1. The molecule has 0 bridgehead atoms. The molecule has 5 nitrogen and oxygen atoms in total. The minimum atomic E-state index is -1.00. The van der Waals surface area contributed by atoms with E-state index in [9.17, 15) is 4.79 Å². The highest BCUT2D eigenvalue weighted by Crippen LogP contribution is 2.32. The lowest BCUT2D eigenvalue weighted by molar-refractivity contribution is -0.139. The van der Waals surface area contributed by atoms with Crippen LogP contribution in [0, 0.1) is 6.92 Å². The number of rotatable bonds is 6. The van der Waals surface area contributed by atoms with Crippen LogP contribution in [0.2, 0.25) is 0 Å². The average molecular weight is 299 g/mol. The smallest absolute Gasteiger partial charge is 0.341 e. The molecule has 1 heterocycles. The van der Waals surface area contributed by atoms with E-state index < -0.39 is 5.97 Å². The van der Waals surface area contributed by atoms with Crippen LogP contribution in [-0.2, 0) is 4.79 Å². The summed E-state index contributed by atoms with van der Waals surface area (Å²) in [6, 6.07) is 9.36. The Morgan fingerprint density at radius 1 is 1.32 bits per heavy atom. The second kappa shape index (κ2) is 6.05. The Hall–Kier alpha value is -2.56. The van der Waals surface area contributed by atoms with E-state index in [1.54, 1.807) is 12.3 Å². The van der Waals surface area contributed by atoms with Crippen LogP contribution in [0.15, 0.2) is 36.5 Å². The van der Waals surface area contributed by atoms with E-state index in [1.165, 1.54) is 0 Å². The summed E-state index contributed by atoms with van der Waals surface area (Å²) in [6.45, 7) is 1.61. The van der Waals surface area contributed by atoms with Crippen molar-refractivity contribution in [2.24, 2.45) is 0 Å². The molecule has 22 heavy (non-hydrogen) atoms. The minimum absolute atomic E-state index is 0.312. The van der Waals surface area contributed by atoms with E-state index in [0.29, 0.717) is 17.7 Å². The van der Waals surface area contributed by atoms with Crippen molar-refractivity contribution in [2.75, 3.05) is 6.61 Å². The number of carboxylic acids is 1. The first-order valence-electron chi connectivity index (χ1n) is 7.20. The molecular weight excluding hydrogens is 282 g/mol. The van der Waals surface area contributed by atoms with Crippen LogP contribution in [0.5, 0.6) is 11.6 Å². The topological polar surface area (TPSA) is 68.7 Å². The second-order valence-corrected chi connectivity index (χ2v) is 5.38. The highest BCUT2D eigenvalue weighted by molar-refractivity contribution is 5.72. The molecule has 3 rings (SSSR count). The highest BCUT2D eigenvalue weighted by Gasteiger charge is 2.23. The van der Waals surface area contributed by atoms with Crippen molar-refractivity contribution in [3.63, 3.8) is 0 Å². The Balaban J connectivity index is 1.84. The molecule has 1 N–H and O–H groups in total. The van der Waals surface area contributed by atoms with Crippen molar-refractivity contribution in [1.29, 1.82) is 0 Å². The molecule has 2 aromatic rings. The first kappa shape index (κ1) is 14.4. The molecule has 0 aliphatic heterocycles. The van der Waals surface area contributed by atoms with Gasteiger partial charge in [-0.2, -0.15) is 0 Å². The largest absolute Gasteiger partial charge is 0.481 e. The fourth-order valence-electron chi connectivity index (χ4n) is 2.10. The minimum Gasteiger partial charge on any atom is -0.481 e. The van der Waals surface area contributed by atoms with Crippen LogP contribution in [-0.4, -0.2) is 28.8 Å². The Labute approximate surface area is 128 Å². The van der Waals surface area contributed by atoms with Gasteiger partial charge >= 0.3 is 5.97 Å². The Kier molecular flexibility index (Phi) is 3.96. The summed E-state index contributed by atoms with van der Waals surface area (Å²) in [7, 11) is 0. The van der Waals surface area contributed by atoms with Gasteiger partial charge in [0.05, 0.1) is 0 Å². The maximum absolute atomic E-state index is 10.7. The van der Waals surface area contributed by atoms with Gasteiger partial charge in [-0.25, -0.2) is 9.78 Å². The Morgan fingerprint density at radius 3 is 2.77 bits per heavy atom. The molecule has 0 radical (unpaired) electrons. The number of hydrogen-bond acceptors (Lipinski definition) is 4. The molecule has 1 aromatic heterocycles. The molecule has 5 heteroatoms. The molecule has 0 unspecified atom stereocenters. The molecule has 0 saturated heterocycles. The van der Waals surface area contributed by atoms with Crippen LogP contribution in [0.3, 0.4) is 0 Å². The van der Waals surface area contributed by atoms with Gasteiger partial charge in [0.25, 0.3) is 0 Å². The molecule has 1 aliphatic rings. The molecule has 0 atom stereocenters. The van der Waals surface area contributed by atoms with E-state index >= 15 is 0 Å². The van der Waals surface area contributed by atoms with Crippen molar-refractivity contribution in [3.8, 4) is 22.8 Å². The van der Waals surface area contributed by atoms with Crippen molar-refractivity contribution >= 4 is 5.97 Å². The van der Waals surface area contributed by atoms with Crippen LogP contribution >= 0.6 is 0 Å². The van der Waals surface area contributed by atoms with Crippen molar-refractivity contribution in [2.45, 2.75) is 25.9 Å². The zero-order valence-corrected chi connectivity index (χ0v) is 12.3. The van der Waals surface area contributed by atoms with Gasteiger partial charge in [0.15, 0.2) is 6.61 Å². The molecule has 1 aromatic carbocycles. The summed E-state index contributed by atoms with van der Waals surface area (Å²) in [5.41, 5.74) is 2.76. The molecule has 0 amide bonds. The predicted molar refractivity (Wildman–Crippen MR) is 81.2 cm³/mol. The summed E-state index contributed by atoms with van der Waals surface area (Å²) in [6.07, 6.45) is 4.22. The van der Waals surface area contributed by atoms with Crippen LogP contribution < -0.4 is 9.47 Å². The van der Waals surface area contributed by atoms with Crippen molar-refractivity contribution in [1.82, 2.24) is 4.98 Å². The van der Waals surface area contributed by atoms with Crippen LogP contribution in [0.1, 0.15) is 18.4 Å². The lowest BCUT2D eigenvalue weighted by Crippen LogP contribution is -2.10. The molecule has 1 aliphatic carbocycles. The van der Waals surface area contributed by atoms with Crippen molar-refractivity contribution in [3.05, 3.63) is 42.1 Å². The van der Waals surface area contributed by atoms with Gasteiger partial charge < -0.3 is 14.6 Å². The van der Waals surface area contributed by atoms with Gasteiger partial charge in [0, 0.05) is 23.4 Å². The lowest BCUT2D eigenvalue weighted by Gasteiger charge is -2.11. The second-order valence-electron chi connectivity index (χ2n) is 5.38. The zero-order chi connectivity index (χ0) is 15.5. The monoisotopic (exact) mass is 299 g/mol. The van der Waals surface area contributed by atoms with Crippen molar-refractivity contribution < 1.29 is 19.4 Å².